The Kier molecular flexibility index (Phi) is 10.5. The van der Waals surface area contributed by atoms with Gasteiger partial charge >= 0.3 is 6.21 Å². The van der Waals surface area contributed by atoms with Gasteiger partial charge in [-0.1, -0.05) is 59.6 Å². The van der Waals surface area contributed by atoms with Gasteiger partial charge in [0, 0.05) is 22.9 Å². The van der Waals surface area contributed by atoms with Gasteiger partial charge in [0.1, 0.15) is 0 Å². The summed E-state index contributed by atoms with van der Waals surface area (Å²) < 4.78 is 0. The molecule has 0 aliphatic carbocycles. The zero-order chi connectivity index (χ0) is 19.4. The second kappa shape index (κ2) is 12.4. The van der Waals surface area contributed by atoms with Crippen LogP contribution in [0.2, 0.25) is 10.0 Å². The Balaban J connectivity index is 0.000000263. The molecule has 0 bridgehead atoms. The van der Waals surface area contributed by atoms with Crippen LogP contribution in [0.1, 0.15) is 24.0 Å². The Bertz CT molecular complexity index is 803. The lowest BCUT2D eigenvalue weighted by molar-refractivity contribution is -0.116. The zero-order valence-electron chi connectivity index (χ0n) is 13.9. The molecule has 0 saturated carbocycles. The van der Waals surface area contributed by atoms with Crippen LogP contribution in [-0.4, -0.2) is 22.0 Å². The van der Waals surface area contributed by atoms with Crippen LogP contribution in [0.15, 0.2) is 48.5 Å². The zero-order valence-corrected chi connectivity index (χ0v) is 16.1. The molecule has 0 fully saturated rings. The normalized spacial score (nSPS) is 9.50. The van der Waals surface area contributed by atoms with E-state index in [4.69, 9.17) is 40.3 Å². The largest absolute Gasteiger partial charge is 0.361 e. The topological polar surface area (TPSA) is 70.5 Å². The van der Waals surface area contributed by atoms with Crippen molar-refractivity contribution in [3.8, 4) is 0 Å². The number of Topliss-reactive ketones (excluding diaryl/α,β-unsaturated/α-hetero) is 1. The molecule has 136 valence electrons. The monoisotopic (exact) mass is 410 g/mol. The van der Waals surface area contributed by atoms with Crippen LogP contribution in [0, 0.1) is 0 Å². The number of benzene rings is 2. The lowest BCUT2D eigenvalue weighted by Crippen LogP contribution is -2.01. The SMILES string of the molecule is O=C(Cl)CCc1ccccc1Cl.[N-]=[N+]=CC(=O)CCc1ccccc1Cl. The number of rotatable bonds is 7. The molecule has 0 atom stereocenters. The van der Waals surface area contributed by atoms with Crippen LogP contribution in [0.3, 0.4) is 0 Å². The fourth-order valence-electron chi connectivity index (χ4n) is 2.02. The van der Waals surface area contributed by atoms with Crippen molar-refractivity contribution in [3.05, 3.63) is 75.2 Å². The lowest BCUT2D eigenvalue weighted by atomic mass is 10.1. The van der Waals surface area contributed by atoms with Crippen LogP contribution < -0.4 is 0 Å². The van der Waals surface area contributed by atoms with Crippen molar-refractivity contribution in [2.75, 3.05) is 0 Å². The maximum Gasteiger partial charge on any atom is 0.323 e. The van der Waals surface area contributed by atoms with Gasteiger partial charge in [-0.05, 0) is 47.7 Å². The molecule has 2 aromatic rings. The fourth-order valence-corrected chi connectivity index (χ4v) is 2.58. The third-order valence-corrected chi connectivity index (χ3v) is 4.28. The molecular formula is C19H17Cl3N2O2. The van der Waals surface area contributed by atoms with Gasteiger partial charge < -0.3 is 5.53 Å². The Hall–Kier alpha value is -1.97. The number of carbonyl (C=O) groups excluding carboxylic acids is 2. The first-order valence-corrected chi connectivity index (χ1v) is 8.92. The fraction of sp³-hybridized carbons (Fsp3) is 0.211. The molecule has 0 aliphatic heterocycles. The average Bonchev–Trinajstić information content (AvgIpc) is 2.61. The van der Waals surface area contributed by atoms with E-state index in [0.717, 1.165) is 17.3 Å². The molecule has 0 aliphatic rings. The van der Waals surface area contributed by atoms with Gasteiger partial charge in [-0.3, -0.25) is 9.59 Å². The maximum atomic E-state index is 11.0. The Labute approximate surface area is 167 Å². The number of carbonyl (C=O) groups is 2. The van der Waals surface area contributed by atoms with Crippen LogP contribution in [-0.2, 0) is 22.4 Å². The Morgan fingerprint density at radius 3 is 1.77 bits per heavy atom. The molecule has 2 aromatic carbocycles. The predicted octanol–water partition coefficient (Wildman–Crippen LogP) is 5.18. The van der Waals surface area contributed by atoms with E-state index in [-0.39, 0.29) is 11.0 Å². The van der Waals surface area contributed by atoms with E-state index in [2.05, 4.69) is 4.79 Å². The van der Waals surface area contributed by atoms with Crippen molar-refractivity contribution in [1.82, 2.24) is 0 Å². The van der Waals surface area contributed by atoms with Gasteiger partial charge in [0.15, 0.2) is 0 Å². The Morgan fingerprint density at radius 2 is 1.35 bits per heavy atom. The summed E-state index contributed by atoms with van der Waals surface area (Å²) in [5, 5.41) is 1.02. The second-order valence-corrected chi connectivity index (χ2v) is 6.48. The maximum absolute atomic E-state index is 11.0. The van der Waals surface area contributed by atoms with Crippen LogP contribution in [0.25, 0.3) is 5.53 Å². The molecule has 0 radical (unpaired) electrons. The number of hydrogen-bond donors (Lipinski definition) is 0. The van der Waals surface area contributed by atoms with Gasteiger partial charge in [0.05, 0.1) is 0 Å². The molecule has 0 heterocycles. The molecule has 0 aromatic heterocycles. The van der Waals surface area contributed by atoms with Crippen molar-refractivity contribution in [1.29, 1.82) is 0 Å². The highest BCUT2D eigenvalue weighted by Gasteiger charge is 2.05. The average molecular weight is 412 g/mol. The molecule has 0 saturated heterocycles. The van der Waals surface area contributed by atoms with Crippen molar-refractivity contribution in [2.45, 2.75) is 25.7 Å². The standard InChI is InChI=1S/C10H9ClN2O.C9H8Cl2O/c11-10-4-2-1-3-8(10)5-6-9(14)7-13-12;10-8-4-2-1-3-7(8)5-6-9(11)12/h1-4,7H,5-6H2;1-4H,5-6H2. The van der Waals surface area contributed by atoms with Gasteiger partial charge in [-0.2, -0.15) is 4.79 Å². The highest BCUT2D eigenvalue weighted by molar-refractivity contribution is 6.63. The summed E-state index contributed by atoms with van der Waals surface area (Å²) in [6.07, 6.45) is 2.71. The number of aryl methyl sites for hydroxylation is 2. The first-order chi connectivity index (χ1) is 12.4. The third kappa shape index (κ3) is 8.93. The number of hydrogen-bond acceptors (Lipinski definition) is 2. The summed E-state index contributed by atoms with van der Waals surface area (Å²) in [6.45, 7) is 0. The summed E-state index contributed by atoms with van der Waals surface area (Å²) in [7, 11) is 0. The van der Waals surface area contributed by atoms with E-state index in [9.17, 15) is 9.59 Å². The Morgan fingerprint density at radius 1 is 0.885 bits per heavy atom. The smallest absolute Gasteiger partial charge is 0.323 e. The molecule has 0 amide bonds. The van der Waals surface area contributed by atoms with Gasteiger partial charge in [-0.25, -0.2) is 0 Å². The van der Waals surface area contributed by atoms with Crippen LogP contribution in [0.4, 0.5) is 0 Å². The molecule has 4 nitrogen and oxygen atoms in total. The van der Waals surface area contributed by atoms with Crippen molar-refractivity contribution >= 4 is 52.0 Å². The van der Waals surface area contributed by atoms with E-state index in [1.165, 1.54) is 0 Å². The predicted molar refractivity (Wildman–Crippen MR) is 105 cm³/mol. The highest BCUT2D eigenvalue weighted by Crippen LogP contribution is 2.17. The summed E-state index contributed by atoms with van der Waals surface area (Å²) in [5.74, 6) is -0.215. The first-order valence-electron chi connectivity index (χ1n) is 7.79. The second-order valence-electron chi connectivity index (χ2n) is 5.25. The quantitative estimate of drug-likeness (QED) is 0.272. The van der Waals surface area contributed by atoms with E-state index < -0.39 is 0 Å². The first kappa shape index (κ1) is 22.1. The van der Waals surface area contributed by atoms with E-state index in [1.807, 2.05) is 36.4 Å². The van der Waals surface area contributed by atoms with Crippen LogP contribution in [0.5, 0.6) is 0 Å². The minimum absolute atomic E-state index is 0.215. The third-order valence-electron chi connectivity index (χ3n) is 3.35. The molecule has 26 heavy (non-hydrogen) atoms. The van der Waals surface area contributed by atoms with Gasteiger partial charge in [0.25, 0.3) is 0 Å². The van der Waals surface area contributed by atoms with Gasteiger partial charge in [-0.15, -0.1) is 0 Å². The van der Waals surface area contributed by atoms with E-state index in [0.29, 0.717) is 35.7 Å². The van der Waals surface area contributed by atoms with Crippen LogP contribution >= 0.6 is 34.8 Å². The van der Waals surface area contributed by atoms with E-state index >= 15 is 0 Å². The van der Waals surface area contributed by atoms with E-state index in [1.54, 1.807) is 12.1 Å². The minimum Gasteiger partial charge on any atom is -0.361 e. The minimum atomic E-state index is -0.324. The summed E-state index contributed by atoms with van der Waals surface area (Å²) >= 11 is 16.9. The number of halogens is 3. The molecular weight excluding hydrogens is 395 g/mol. The summed E-state index contributed by atoms with van der Waals surface area (Å²) in [5.41, 5.74) is 10.0. The highest BCUT2D eigenvalue weighted by atomic mass is 35.5. The van der Waals surface area contributed by atoms with Gasteiger partial charge in [0.2, 0.25) is 11.0 Å². The lowest BCUT2D eigenvalue weighted by Gasteiger charge is -1.99. The van der Waals surface area contributed by atoms with Crippen molar-refractivity contribution < 1.29 is 14.4 Å². The molecule has 0 spiro atoms. The molecule has 0 unspecified atom stereocenters. The summed E-state index contributed by atoms with van der Waals surface area (Å²) in [4.78, 5) is 24.1. The number of nitrogens with zero attached hydrogens (tertiary/aromatic N) is 2. The molecule has 7 heteroatoms. The molecule has 2 rings (SSSR count). The summed E-state index contributed by atoms with van der Waals surface area (Å²) in [6, 6.07) is 14.8. The molecule has 0 N–H and O–H groups in total. The van der Waals surface area contributed by atoms with Crippen molar-refractivity contribution in [3.63, 3.8) is 0 Å². The van der Waals surface area contributed by atoms with Crippen molar-refractivity contribution in [2.24, 2.45) is 0 Å². The number of ketones is 1.